The minimum atomic E-state index is 0.0948. The topological polar surface area (TPSA) is 34.9 Å². The molecule has 17 heavy (non-hydrogen) atoms. The normalized spacial score (nSPS) is 20.5. The maximum Gasteiger partial charge on any atom is 0.195 e. The molecule has 0 aliphatic carbocycles. The van der Waals surface area contributed by atoms with E-state index in [0.717, 1.165) is 40.4 Å². The van der Waals surface area contributed by atoms with E-state index >= 15 is 0 Å². The van der Waals surface area contributed by atoms with Gasteiger partial charge in [-0.3, -0.25) is 9.48 Å². The third-order valence-corrected chi connectivity index (χ3v) is 5.91. The predicted octanol–water partition coefficient (Wildman–Crippen LogP) is 3.09. The third-order valence-electron chi connectivity index (χ3n) is 2.57. The Morgan fingerprint density at radius 1 is 1.65 bits per heavy atom. The highest BCUT2D eigenvalue weighted by Crippen LogP contribution is 2.29. The van der Waals surface area contributed by atoms with Crippen molar-refractivity contribution in [3.63, 3.8) is 0 Å². The van der Waals surface area contributed by atoms with Gasteiger partial charge in [-0.05, 0) is 22.4 Å². The van der Waals surface area contributed by atoms with Gasteiger partial charge < -0.3 is 0 Å². The van der Waals surface area contributed by atoms with Gasteiger partial charge in [0.05, 0.1) is 15.9 Å². The molecule has 0 amide bonds. The lowest BCUT2D eigenvalue weighted by Gasteiger charge is -2.20. The fourth-order valence-corrected chi connectivity index (χ4v) is 4.88. The summed E-state index contributed by atoms with van der Waals surface area (Å²) in [6.45, 7) is 2.90. The molecule has 3 nitrogen and oxygen atoms in total. The summed E-state index contributed by atoms with van der Waals surface area (Å²) in [5.74, 6) is 3.37. The molecule has 6 heteroatoms. The maximum atomic E-state index is 12.5. The molecule has 1 fully saturated rings. The Hall–Kier alpha value is 0.0600. The number of rotatable bonds is 4. The number of aromatic nitrogens is 2. The van der Waals surface area contributed by atoms with Crippen LogP contribution in [-0.2, 0) is 6.54 Å². The minimum absolute atomic E-state index is 0.0948. The average Bonchev–Trinajstić information content (AvgIpc) is 2.71. The van der Waals surface area contributed by atoms with Crippen LogP contribution in [0.3, 0.4) is 0 Å². The van der Waals surface area contributed by atoms with Crippen LogP contribution in [0.2, 0.25) is 0 Å². The molecule has 2 heterocycles. The number of thioether (sulfide) groups is 2. The van der Waals surface area contributed by atoms with Crippen LogP contribution in [0.15, 0.2) is 10.7 Å². The van der Waals surface area contributed by atoms with Crippen LogP contribution >= 0.6 is 39.5 Å². The van der Waals surface area contributed by atoms with Gasteiger partial charge in [-0.2, -0.15) is 16.9 Å². The van der Waals surface area contributed by atoms with E-state index in [0.29, 0.717) is 0 Å². The van der Waals surface area contributed by atoms with Gasteiger partial charge in [0.1, 0.15) is 5.69 Å². The molecule has 1 unspecified atom stereocenters. The quantitative estimate of drug-likeness (QED) is 0.792. The molecule has 0 spiro atoms. The van der Waals surface area contributed by atoms with Crippen molar-refractivity contribution in [3.8, 4) is 0 Å². The number of hydrogen-bond acceptors (Lipinski definition) is 4. The second-order valence-corrected chi connectivity index (χ2v) is 7.18. The highest BCUT2D eigenvalue weighted by Gasteiger charge is 2.27. The van der Waals surface area contributed by atoms with Gasteiger partial charge in [-0.1, -0.05) is 6.92 Å². The van der Waals surface area contributed by atoms with Crippen LogP contribution in [0.1, 0.15) is 23.8 Å². The molecule has 1 aromatic heterocycles. The summed E-state index contributed by atoms with van der Waals surface area (Å²) < 4.78 is 2.65. The van der Waals surface area contributed by atoms with Crippen LogP contribution in [0.25, 0.3) is 0 Å². The fraction of sp³-hybridized carbons (Fsp3) is 0.636. The number of halogens is 1. The first-order valence-corrected chi connectivity index (χ1v) is 8.68. The molecule has 0 radical (unpaired) electrons. The Kier molecular flexibility index (Phi) is 4.99. The van der Waals surface area contributed by atoms with Crippen LogP contribution in [0.4, 0.5) is 0 Å². The summed E-state index contributed by atoms with van der Waals surface area (Å²) in [5, 5.41) is 4.35. The highest BCUT2D eigenvalue weighted by atomic mass is 79.9. The highest BCUT2D eigenvalue weighted by molar-refractivity contribution is 9.10. The Bertz CT molecular complexity index is 402. The van der Waals surface area contributed by atoms with Crippen LogP contribution in [0, 0.1) is 0 Å². The molecular formula is C11H15BrN2OS2. The number of aryl methyl sites for hydroxylation is 1. The van der Waals surface area contributed by atoms with Gasteiger partial charge in [-0.25, -0.2) is 0 Å². The fourth-order valence-electron chi connectivity index (χ4n) is 1.78. The van der Waals surface area contributed by atoms with Crippen molar-refractivity contribution in [3.05, 3.63) is 16.4 Å². The third kappa shape index (κ3) is 3.09. The molecule has 1 aromatic rings. The first kappa shape index (κ1) is 13.5. The van der Waals surface area contributed by atoms with Crippen molar-refractivity contribution in [2.45, 2.75) is 25.1 Å². The van der Waals surface area contributed by atoms with E-state index in [4.69, 9.17) is 0 Å². The molecule has 1 saturated heterocycles. The zero-order chi connectivity index (χ0) is 12.3. The zero-order valence-corrected chi connectivity index (χ0v) is 12.9. The molecule has 0 bridgehead atoms. The number of Topliss-reactive ketones (excluding diaryl/α,β-unsaturated/α-hetero) is 1. The summed E-state index contributed by atoms with van der Waals surface area (Å²) in [4.78, 5) is 12.5. The van der Waals surface area contributed by atoms with Gasteiger partial charge in [0.25, 0.3) is 0 Å². The molecule has 2 rings (SSSR count). The summed E-state index contributed by atoms with van der Waals surface area (Å²) in [6, 6.07) is 0. The van der Waals surface area contributed by atoms with Crippen molar-refractivity contribution >= 4 is 45.2 Å². The minimum Gasteiger partial charge on any atom is -0.291 e. The van der Waals surface area contributed by atoms with E-state index in [1.807, 2.05) is 16.4 Å². The van der Waals surface area contributed by atoms with Crippen molar-refractivity contribution in [1.29, 1.82) is 0 Å². The second-order valence-electron chi connectivity index (χ2n) is 3.86. The molecule has 0 N–H and O–H groups in total. The molecule has 1 aliphatic heterocycles. The summed E-state index contributed by atoms with van der Waals surface area (Å²) in [7, 11) is 0. The van der Waals surface area contributed by atoms with E-state index in [1.54, 1.807) is 18.0 Å². The predicted molar refractivity (Wildman–Crippen MR) is 78.1 cm³/mol. The summed E-state index contributed by atoms with van der Waals surface area (Å²) in [5.41, 5.74) is 0.742. The van der Waals surface area contributed by atoms with Gasteiger partial charge in [0.15, 0.2) is 5.78 Å². The lowest BCUT2D eigenvalue weighted by atomic mass is 10.2. The number of carbonyl (C=O) groups excluding carboxylic acids is 1. The molecule has 1 aliphatic rings. The number of carbonyl (C=O) groups is 1. The van der Waals surface area contributed by atoms with Crippen molar-refractivity contribution < 1.29 is 4.79 Å². The smallest absolute Gasteiger partial charge is 0.195 e. The van der Waals surface area contributed by atoms with E-state index in [9.17, 15) is 4.79 Å². The van der Waals surface area contributed by atoms with Crippen molar-refractivity contribution in [1.82, 2.24) is 9.78 Å². The van der Waals surface area contributed by atoms with Gasteiger partial charge in [-0.15, -0.1) is 11.8 Å². The Morgan fingerprint density at radius 3 is 3.12 bits per heavy atom. The number of hydrogen-bond donors (Lipinski definition) is 0. The molecule has 0 saturated carbocycles. The van der Waals surface area contributed by atoms with Gasteiger partial charge >= 0.3 is 0 Å². The molecule has 94 valence electrons. The monoisotopic (exact) mass is 334 g/mol. The first-order chi connectivity index (χ1) is 8.24. The Labute approximate surface area is 118 Å². The first-order valence-electron chi connectivity index (χ1n) is 5.69. The largest absolute Gasteiger partial charge is 0.291 e. The van der Waals surface area contributed by atoms with Crippen molar-refractivity contribution in [2.75, 3.05) is 17.3 Å². The van der Waals surface area contributed by atoms with E-state index in [2.05, 4.69) is 28.0 Å². The Morgan fingerprint density at radius 2 is 2.47 bits per heavy atom. The summed E-state index contributed by atoms with van der Waals surface area (Å²) >= 11 is 7.07. The lowest BCUT2D eigenvalue weighted by molar-refractivity contribution is 0.0984. The Balaban J connectivity index is 2.19. The van der Waals surface area contributed by atoms with E-state index in [1.165, 1.54) is 0 Å². The average molecular weight is 335 g/mol. The second kappa shape index (κ2) is 6.29. The molecule has 1 atom stereocenters. The van der Waals surface area contributed by atoms with Crippen LogP contribution in [0.5, 0.6) is 0 Å². The summed E-state index contributed by atoms with van der Waals surface area (Å²) in [6.07, 6.45) is 2.71. The van der Waals surface area contributed by atoms with E-state index in [-0.39, 0.29) is 11.0 Å². The molecule has 0 aromatic carbocycles. The maximum absolute atomic E-state index is 12.5. The molecular weight excluding hydrogens is 320 g/mol. The van der Waals surface area contributed by atoms with Crippen molar-refractivity contribution in [2.24, 2.45) is 0 Å². The number of ketones is 1. The zero-order valence-electron chi connectivity index (χ0n) is 9.69. The standard InChI is InChI=1S/C11H15BrN2OS2/c1-2-3-14-10(8(12)6-13-14)11(15)9-7-16-4-5-17-9/h6,9H,2-5,7H2,1H3. The lowest BCUT2D eigenvalue weighted by Crippen LogP contribution is -2.27. The number of nitrogens with zero attached hydrogens (tertiary/aromatic N) is 2. The van der Waals surface area contributed by atoms with Gasteiger partial charge in [0.2, 0.25) is 0 Å². The van der Waals surface area contributed by atoms with Crippen LogP contribution in [-0.4, -0.2) is 38.1 Å². The SMILES string of the molecule is CCCn1ncc(Br)c1C(=O)C1CSCCS1. The van der Waals surface area contributed by atoms with Gasteiger partial charge in [0, 0.05) is 23.8 Å². The van der Waals surface area contributed by atoms with Crippen LogP contribution < -0.4 is 0 Å². The van der Waals surface area contributed by atoms with E-state index < -0.39 is 0 Å².